The number of phenolic OH excluding ortho intramolecular Hbond substituents is 1. The zero-order valence-corrected chi connectivity index (χ0v) is 5.52. The van der Waals surface area contributed by atoms with Crippen molar-refractivity contribution in [1.82, 2.24) is 0 Å². The van der Waals surface area contributed by atoms with E-state index in [-0.39, 0.29) is 17.4 Å². The zero-order chi connectivity index (χ0) is 5.11. The van der Waals surface area contributed by atoms with Gasteiger partial charge in [-0.05, 0) is 12.1 Å². The third-order valence-corrected chi connectivity index (χ3v) is 0.756. The fourth-order valence-electron chi connectivity index (χ4n) is 0.428. The maximum Gasteiger partial charge on any atom is 0.115 e. The molecular weight excluding hydrogens is 140 g/mol. The van der Waals surface area contributed by atoms with E-state index >= 15 is 0 Å². The average Bonchev–Trinajstić information content (AvgIpc) is 1.69. The van der Waals surface area contributed by atoms with E-state index < -0.39 is 0 Å². The maximum atomic E-state index is 8.63. The van der Waals surface area contributed by atoms with Crippen LogP contribution in [0.15, 0.2) is 30.3 Å². The first kappa shape index (κ1) is 7.55. The average molecular weight is 146 g/mol. The van der Waals surface area contributed by atoms with Crippen molar-refractivity contribution in [2.75, 3.05) is 0 Å². The van der Waals surface area contributed by atoms with Crippen molar-refractivity contribution in [1.29, 1.82) is 0 Å². The molecule has 0 radical (unpaired) electrons. The molecule has 0 atom stereocenters. The number of rotatable bonds is 0. The number of benzene rings is 1. The molecule has 0 saturated carbocycles. The van der Waals surface area contributed by atoms with Gasteiger partial charge in [-0.2, -0.15) is 0 Å². The molecule has 8 heavy (non-hydrogen) atoms. The van der Waals surface area contributed by atoms with Crippen LogP contribution in [0, 0.1) is 0 Å². The molecule has 0 aliphatic carbocycles. The largest absolute Gasteiger partial charge is 0.508 e. The van der Waals surface area contributed by atoms with Gasteiger partial charge in [-0.3, -0.25) is 0 Å². The Morgan fingerprint density at radius 1 is 1.00 bits per heavy atom. The first-order chi connectivity index (χ1) is 3.39. The summed E-state index contributed by atoms with van der Waals surface area (Å²) in [6, 6.07) is 8.71. The van der Waals surface area contributed by atoms with Crippen molar-refractivity contribution in [3.63, 3.8) is 0 Å². The normalized spacial score (nSPS) is 7.50. The molecule has 0 saturated heterocycles. The van der Waals surface area contributed by atoms with Crippen LogP contribution in [-0.2, 0) is 17.4 Å². The molecule has 0 unspecified atom stereocenters. The molecule has 0 spiro atoms. The molecule has 42 valence electrons. The van der Waals surface area contributed by atoms with Crippen molar-refractivity contribution in [3.05, 3.63) is 30.3 Å². The molecule has 1 aromatic rings. The minimum Gasteiger partial charge on any atom is -0.508 e. The summed E-state index contributed by atoms with van der Waals surface area (Å²) in [6.07, 6.45) is 0. The molecule has 1 aromatic carbocycles. The minimum absolute atomic E-state index is 0. The molecule has 0 bridgehead atoms. The van der Waals surface area contributed by atoms with Crippen LogP contribution in [0.25, 0.3) is 0 Å². The Balaban J connectivity index is 0.000000490. The molecular formula is C6H6CrO. The van der Waals surface area contributed by atoms with Crippen LogP contribution in [0.1, 0.15) is 0 Å². The second kappa shape index (κ2) is 3.54. The molecule has 0 aliphatic heterocycles. The van der Waals surface area contributed by atoms with E-state index in [1.54, 1.807) is 24.3 Å². The standard InChI is InChI=1S/C6H6O.Cr/c7-6-4-2-1-3-5-6;/h1-5,7H;. The van der Waals surface area contributed by atoms with Crippen LogP contribution in [0.5, 0.6) is 5.75 Å². The molecule has 0 aromatic heterocycles. The fraction of sp³-hybridized carbons (Fsp3) is 0. The summed E-state index contributed by atoms with van der Waals surface area (Å²) in [6.45, 7) is 0. The SMILES string of the molecule is Oc1ccccc1.[Cr]. The van der Waals surface area contributed by atoms with Gasteiger partial charge in [0.1, 0.15) is 5.75 Å². The Labute approximate surface area is 59.1 Å². The van der Waals surface area contributed by atoms with E-state index in [1.165, 1.54) is 0 Å². The summed E-state index contributed by atoms with van der Waals surface area (Å²) in [5.74, 6) is 0.322. The first-order valence-corrected chi connectivity index (χ1v) is 2.13. The van der Waals surface area contributed by atoms with E-state index in [0.29, 0.717) is 5.75 Å². The van der Waals surface area contributed by atoms with Gasteiger partial charge in [0.2, 0.25) is 0 Å². The molecule has 0 amide bonds. The van der Waals surface area contributed by atoms with Gasteiger partial charge in [0, 0.05) is 17.4 Å². The monoisotopic (exact) mass is 146 g/mol. The fourth-order valence-corrected chi connectivity index (χ4v) is 0.428. The quantitative estimate of drug-likeness (QED) is 0.586. The summed E-state index contributed by atoms with van der Waals surface area (Å²) >= 11 is 0. The van der Waals surface area contributed by atoms with Gasteiger partial charge >= 0.3 is 0 Å². The van der Waals surface area contributed by atoms with E-state index in [0.717, 1.165) is 0 Å². The van der Waals surface area contributed by atoms with E-state index in [2.05, 4.69) is 0 Å². The van der Waals surface area contributed by atoms with Crippen molar-refractivity contribution in [2.24, 2.45) is 0 Å². The third kappa shape index (κ3) is 2.02. The second-order valence-corrected chi connectivity index (χ2v) is 1.34. The van der Waals surface area contributed by atoms with Crippen LogP contribution in [0.2, 0.25) is 0 Å². The topological polar surface area (TPSA) is 20.2 Å². The predicted molar refractivity (Wildman–Crippen MR) is 28.1 cm³/mol. The second-order valence-electron chi connectivity index (χ2n) is 1.34. The van der Waals surface area contributed by atoms with Crippen LogP contribution < -0.4 is 0 Å². The number of phenols is 1. The van der Waals surface area contributed by atoms with Crippen molar-refractivity contribution in [2.45, 2.75) is 0 Å². The number of aromatic hydroxyl groups is 1. The van der Waals surface area contributed by atoms with Gasteiger partial charge in [-0.15, -0.1) is 0 Å². The van der Waals surface area contributed by atoms with Gasteiger partial charge < -0.3 is 5.11 Å². The zero-order valence-electron chi connectivity index (χ0n) is 4.24. The Morgan fingerprint density at radius 2 is 1.50 bits per heavy atom. The van der Waals surface area contributed by atoms with E-state index in [9.17, 15) is 0 Å². The number of para-hydroxylation sites is 1. The minimum atomic E-state index is 0. The number of hydrogen-bond acceptors (Lipinski definition) is 1. The molecule has 2 heteroatoms. The van der Waals surface area contributed by atoms with Crippen LogP contribution in [0.4, 0.5) is 0 Å². The van der Waals surface area contributed by atoms with Crippen LogP contribution in [-0.4, -0.2) is 5.11 Å². The van der Waals surface area contributed by atoms with E-state index in [4.69, 9.17) is 5.11 Å². The molecule has 1 N–H and O–H groups in total. The van der Waals surface area contributed by atoms with Gasteiger partial charge in [0.05, 0.1) is 0 Å². The van der Waals surface area contributed by atoms with Crippen molar-refractivity contribution >= 4 is 0 Å². The summed E-state index contributed by atoms with van der Waals surface area (Å²) in [4.78, 5) is 0. The summed E-state index contributed by atoms with van der Waals surface area (Å²) < 4.78 is 0. The van der Waals surface area contributed by atoms with Crippen LogP contribution >= 0.6 is 0 Å². The molecule has 0 aliphatic rings. The Bertz CT molecular complexity index is 138. The Morgan fingerprint density at radius 3 is 1.75 bits per heavy atom. The van der Waals surface area contributed by atoms with Crippen molar-refractivity contribution < 1.29 is 22.5 Å². The van der Waals surface area contributed by atoms with Crippen LogP contribution in [0.3, 0.4) is 0 Å². The van der Waals surface area contributed by atoms with Gasteiger partial charge in [0.15, 0.2) is 0 Å². The molecule has 0 fully saturated rings. The van der Waals surface area contributed by atoms with Gasteiger partial charge in [0.25, 0.3) is 0 Å². The molecule has 0 heterocycles. The van der Waals surface area contributed by atoms with Gasteiger partial charge in [-0.25, -0.2) is 0 Å². The molecule has 1 nitrogen and oxygen atoms in total. The third-order valence-electron chi connectivity index (χ3n) is 0.756. The summed E-state index contributed by atoms with van der Waals surface area (Å²) in [7, 11) is 0. The predicted octanol–water partition coefficient (Wildman–Crippen LogP) is 1.39. The van der Waals surface area contributed by atoms with Crippen molar-refractivity contribution in [3.8, 4) is 5.75 Å². The summed E-state index contributed by atoms with van der Waals surface area (Å²) in [5.41, 5.74) is 0. The van der Waals surface area contributed by atoms with Gasteiger partial charge in [-0.1, -0.05) is 18.2 Å². The molecule has 1 rings (SSSR count). The summed E-state index contributed by atoms with van der Waals surface area (Å²) in [5, 5.41) is 8.63. The smallest absolute Gasteiger partial charge is 0.115 e. The number of hydrogen-bond donors (Lipinski definition) is 1. The first-order valence-electron chi connectivity index (χ1n) is 2.13. The Hall–Kier alpha value is -0.448. The maximum absolute atomic E-state index is 8.63. The van der Waals surface area contributed by atoms with E-state index in [1.807, 2.05) is 6.07 Å². The Kier molecular flexibility index (Phi) is 3.34.